The standard InChI is InChI=1S/C27H20N4OS/c1-18-22-25(33-23(18)19-11-5-2-6-12-19)29-27-30(21-15-9-4-10-16-21)17-28-24(31(27)26(22)32)20-13-7-3-8-14-20/h2-16H,17H2,1H3. The van der Waals surface area contributed by atoms with Crippen molar-refractivity contribution in [3.63, 3.8) is 0 Å². The van der Waals surface area contributed by atoms with Gasteiger partial charge in [-0.1, -0.05) is 78.9 Å². The number of hydrogen-bond donors (Lipinski definition) is 0. The first kappa shape index (κ1) is 19.6. The first-order valence-electron chi connectivity index (χ1n) is 10.8. The minimum atomic E-state index is -0.0887. The van der Waals surface area contributed by atoms with Gasteiger partial charge in [-0.25, -0.2) is 14.5 Å². The Labute approximate surface area is 194 Å². The second kappa shape index (κ2) is 7.83. The third-order valence-corrected chi connectivity index (χ3v) is 7.13. The molecule has 0 aliphatic carbocycles. The van der Waals surface area contributed by atoms with Crippen LogP contribution in [0.1, 0.15) is 11.1 Å². The van der Waals surface area contributed by atoms with Crippen molar-refractivity contribution >= 4 is 39.0 Å². The quantitative estimate of drug-likeness (QED) is 0.349. The molecule has 1 aliphatic rings. The lowest BCUT2D eigenvalue weighted by Crippen LogP contribution is -2.39. The van der Waals surface area contributed by atoms with Crippen LogP contribution < -0.4 is 10.5 Å². The normalized spacial score (nSPS) is 13.1. The summed E-state index contributed by atoms with van der Waals surface area (Å²) in [6, 6.07) is 30.0. The van der Waals surface area contributed by atoms with Crippen LogP contribution in [0.5, 0.6) is 0 Å². The van der Waals surface area contributed by atoms with Gasteiger partial charge in [0.25, 0.3) is 5.56 Å². The van der Waals surface area contributed by atoms with Gasteiger partial charge >= 0.3 is 0 Å². The van der Waals surface area contributed by atoms with Crippen molar-refractivity contribution in [2.75, 3.05) is 11.6 Å². The minimum absolute atomic E-state index is 0.0887. The zero-order valence-corrected chi connectivity index (χ0v) is 18.8. The smallest absolute Gasteiger partial charge is 0.269 e. The van der Waals surface area contributed by atoms with Crippen LogP contribution in [0.3, 0.4) is 0 Å². The average Bonchev–Trinajstić information content (AvgIpc) is 3.21. The zero-order chi connectivity index (χ0) is 22.4. The molecular formula is C27H20N4OS. The van der Waals surface area contributed by atoms with Gasteiger partial charge in [0.15, 0.2) is 0 Å². The molecule has 33 heavy (non-hydrogen) atoms. The Morgan fingerprint density at radius 3 is 2.09 bits per heavy atom. The van der Waals surface area contributed by atoms with Gasteiger partial charge < -0.3 is 0 Å². The predicted molar refractivity (Wildman–Crippen MR) is 136 cm³/mol. The zero-order valence-electron chi connectivity index (χ0n) is 18.0. The van der Waals surface area contributed by atoms with Gasteiger partial charge in [0, 0.05) is 16.1 Å². The molecule has 6 rings (SSSR count). The summed E-state index contributed by atoms with van der Waals surface area (Å²) in [5.41, 5.74) is 3.81. The largest absolute Gasteiger partial charge is 0.291 e. The third kappa shape index (κ3) is 3.18. The van der Waals surface area contributed by atoms with Gasteiger partial charge in [0.05, 0.1) is 5.39 Å². The van der Waals surface area contributed by atoms with Gasteiger partial charge in [-0.05, 0) is 30.2 Å². The molecule has 0 N–H and O–H groups in total. The molecule has 160 valence electrons. The van der Waals surface area contributed by atoms with Crippen molar-refractivity contribution in [3.8, 4) is 10.4 Å². The predicted octanol–water partition coefficient (Wildman–Crippen LogP) is 5.84. The number of aliphatic imine (C=N–C) groups is 1. The fraction of sp³-hybridized carbons (Fsp3) is 0.0741. The lowest BCUT2D eigenvalue weighted by molar-refractivity contribution is 0.838. The molecule has 5 aromatic rings. The molecule has 2 aromatic heterocycles. The Bertz CT molecular complexity index is 1550. The molecule has 0 saturated carbocycles. The molecule has 6 heteroatoms. The van der Waals surface area contributed by atoms with Gasteiger partial charge in [-0.3, -0.25) is 9.69 Å². The van der Waals surface area contributed by atoms with E-state index in [0.29, 0.717) is 23.8 Å². The van der Waals surface area contributed by atoms with Crippen molar-refractivity contribution in [3.05, 3.63) is 112 Å². The van der Waals surface area contributed by atoms with E-state index < -0.39 is 0 Å². The molecule has 1 aliphatic heterocycles. The summed E-state index contributed by atoms with van der Waals surface area (Å²) in [5.74, 6) is 1.22. The highest BCUT2D eigenvalue weighted by molar-refractivity contribution is 7.22. The maximum atomic E-state index is 14.0. The summed E-state index contributed by atoms with van der Waals surface area (Å²) < 4.78 is 1.67. The maximum absolute atomic E-state index is 14.0. The molecular weight excluding hydrogens is 428 g/mol. The highest BCUT2D eigenvalue weighted by atomic mass is 32.1. The minimum Gasteiger partial charge on any atom is -0.291 e. The lowest BCUT2D eigenvalue weighted by Gasteiger charge is -2.29. The maximum Gasteiger partial charge on any atom is 0.269 e. The highest BCUT2D eigenvalue weighted by Gasteiger charge is 2.28. The van der Waals surface area contributed by atoms with Crippen molar-refractivity contribution in [2.24, 2.45) is 4.99 Å². The van der Waals surface area contributed by atoms with E-state index in [1.54, 1.807) is 15.9 Å². The summed E-state index contributed by atoms with van der Waals surface area (Å²) in [6.07, 6.45) is 0. The number of aromatic nitrogens is 2. The molecule has 3 aromatic carbocycles. The van der Waals surface area contributed by atoms with Crippen molar-refractivity contribution in [1.82, 2.24) is 9.55 Å². The Balaban J connectivity index is 1.65. The Hall–Kier alpha value is -4.03. The second-order valence-corrected chi connectivity index (χ2v) is 8.91. The van der Waals surface area contributed by atoms with Gasteiger partial charge in [0.2, 0.25) is 5.95 Å². The molecule has 0 saturated heterocycles. The summed E-state index contributed by atoms with van der Waals surface area (Å²) in [7, 11) is 0. The molecule has 3 heterocycles. The molecule has 0 fully saturated rings. The SMILES string of the molecule is Cc1c(-c2ccccc2)sc2nc3n(c(=O)c12)C(c1ccccc1)=NCN3c1ccccc1. The molecule has 0 bridgehead atoms. The number of fused-ring (bicyclic) bond motifs is 2. The van der Waals surface area contributed by atoms with Crippen molar-refractivity contribution < 1.29 is 0 Å². The first-order valence-corrected chi connectivity index (χ1v) is 11.6. The Morgan fingerprint density at radius 2 is 1.42 bits per heavy atom. The van der Waals surface area contributed by atoms with Crippen LogP contribution in [0.25, 0.3) is 20.7 Å². The van der Waals surface area contributed by atoms with E-state index >= 15 is 0 Å². The number of para-hydroxylation sites is 1. The van der Waals surface area contributed by atoms with E-state index in [1.165, 1.54) is 0 Å². The molecule has 5 nitrogen and oxygen atoms in total. The average molecular weight is 449 g/mol. The van der Waals surface area contributed by atoms with Crippen LogP contribution in [0.2, 0.25) is 0 Å². The van der Waals surface area contributed by atoms with E-state index in [1.807, 2.05) is 90.7 Å². The molecule has 0 amide bonds. The van der Waals surface area contributed by atoms with Crippen LogP contribution in [-0.2, 0) is 0 Å². The Kier molecular flexibility index (Phi) is 4.66. The first-order chi connectivity index (χ1) is 16.2. The van der Waals surface area contributed by atoms with Crippen LogP contribution in [-0.4, -0.2) is 22.1 Å². The number of benzene rings is 3. The van der Waals surface area contributed by atoms with Crippen LogP contribution in [0, 0.1) is 6.92 Å². The lowest BCUT2D eigenvalue weighted by atomic mass is 10.1. The number of rotatable bonds is 3. The second-order valence-electron chi connectivity index (χ2n) is 7.91. The van der Waals surface area contributed by atoms with E-state index in [-0.39, 0.29) is 5.56 Å². The topological polar surface area (TPSA) is 50.5 Å². The summed E-state index contributed by atoms with van der Waals surface area (Å²) >= 11 is 1.57. The van der Waals surface area contributed by atoms with E-state index in [4.69, 9.17) is 9.98 Å². The number of anilines is 2. The molecule has 0 spiro atoms. The fourth-order valence-corrected chi connectivity index (χ4v) is 5.47. The van der Waals surface area contributed by atoms with Crippen LogP contribution in [0.4, 0.5) is 11.6 Å². The molecule has 0 radical (unpaired) electrons. The Morgan fingerprint density at radius 1 is 0.818 bits per heavy atom. The highest BCUT2D eigenvalue weighted by Crippen LogP contribution is 2.37. The number of aryl methyl sites for hydroxylation is 1. The number of thiophene rings is 1. The van der Waals surface area contributed by atoms with E-state index in [9.17, 15) is 4.79 Å². The summed E-state index contributed by atoms with van der Waals surface area (Å²) in [6.45, 7) is 2.40. The van der Waals surface area contributed by atoms with Gasteiger partial charge in [-0.15, -0.1) is 11.3 Å². The van der Waals surface area contributed by atoms with E-state index in [2.05, 4.69) is 12.1 Å². The summed E-state index contributed by atoms with van der Waals surface area (Å²) in [5, 5.41) is 0.654. The van der Waals surface area contributed by atoms with Gasteiger partial charge in [-0.2, -0.15) is 0 Å². The third-order valence-electron chi connectivity index (χ3n) is 5.90. The number of nitrogens with zero attached hydrogens (tertiary/aromatic N) is 4. The molecule has 0 unspecified atom stereocenters. The van der Waals surface area contributed by atoms with E-state index in [0.717, 1.165) is 32.1 Å². The molecule has 0 atom stereocenters. The van der Waals surface area contributed by atoms with Crippen molar-refractivity contribution in [2.45, 2.75) is 6.92 Å². The monoisotopic (exact) mass is 448 g/mol. The number of hydrogen-bond acceptors (Lipinski definition) is 5. The summed E-state index contributed by atoms with van der Waals surface area (Å²) in [4.78, 5) is 27.7. The fourth-order valence-electron chi connectivity index (χ4n) is 4.29. The van der Waals surface area contributed by atoms with Crippen molar-refractivity contribution in [1.29, 1.82) is 0 Å². The van der Waals surface area contributed by atoms with Crippen LogP contribution >= 0.6 is 11.3 Å². The van der Waals surface area contributed by atoms with Gasteiger partial charge in [0.1, 0.15) is 17.3 Å². The van der Waals surface area contributed by atoms with Crippen LogP contribution in [0.15, 0.2) is 101 Å².